The lowest BCUT2D eigenvalue weighted by Crippen LogP contribution is -1.91. The van der Waals surface area contributed by atoms with E-state index in [0.717, 1.165) is 40.0 Å². The molecular weight excluding hydrogens is 238 g/mol. The standard InChI is InChI=1S/C15H15N3O/c1-4-13-17-15(19-18-13)12-8-10(3)16-14-9(2)6-5-7-11(12)14/h5-8H,4H2,1-3H3. The molecule has 0 radical (unpaired) electrons. The summed E-state index contributed by atoms with van der Waals surface area (Å²) in [5.74, 6) is 1.29. The highest BCUT2D eigenvalue weighted by Crippen LogP contribution is 2.28. The Morgan fingerprint density at radius 3 is 2.74 bits per heavy atom. The van der Waals surface area contributed by atoms with Gasteiger partial charge in [0.25, 0.3) is 5.89 Å². The van der Waals surface area contributed by atoms with E-state index in [2.05, 4.69) is 28.1 Å². The van der Waals surface area contributed by atoms with E-state index in [9.17, 15) is 0 Å². The Labute approximate surface area is 111 Å². The topological polar surface area (TPSA) is 51.8 Å². The molecule has 0 saturated carbocycles. The molecule has 0 spiro atoms. The number of para-hydroxylation sites is 1. The van der Waals surface area contributed by atoms with Crippen LogP contribution in [0.5, 0.6) is 0 Å². The van der Waals surface area contributed by atoms with Crippen LogP contribution < -0.4 is 0 Å². The van der Waals surface area contributed by atoms with Crippen molar-refractivity contribution >= 4 is 10.9 Å². The summed E-state index contributed by atoms with van der Waals surface area (Å²) in [7, 11) is 0. The molecule has 0 bridgehead atoms. The van der Waals surface area contributed by atoms with E-state index in [1.54, 1.807) is 0 Å². The number of hydrogen-bond donors (Lipinski definition) is 0. The molecule has 0 aliphatic carbocycles. The van der Waals surface area contributed by atoms with E-state index in [1.807, 2.05) is 32.0 Å². The molecule has 19 heavy (non-hydrogen) atoms. The van der Waals surface area contributed by atoms with Crippen LogP contribution in [0.25, 0.3) is 22.4 Å². The predicted molar refractivity (Wildman–Crippen MR) is 73.9 cm³/mol. The molecule has 0 aliphatic rings. The number of fused-ring (bicyclic) bond motifs is 1. The molecule has 3 rings (SSSR count). The molecule has 3 aromatic rings. The van der Waals surface area contributed by atoms with Crippen LogP contribution in [-0.4, -0.2) is 15.1 Å². The van der Waals surface area contributed by atoms with Crippen LogP contribution in [-0.2, 0) is 6.42 Å². The number of benzene rings is 1. The Bertz CT molecular complexity index is 746. The maximum atomic E-state index is 5.36. The zero-order valence-corrected chi connectivity index (χ0v) is 11.3. The zero-order chi connectivity index (χ0) is 13.4. The van der Waals surface area contributed by atoms with Gasteiger partial charge in [-0.3, -0.25) is 4.98 Å². The third-order valence-electron chi connectivity index (χ3n) is 3.18. The van der Waals surface area contributed by atoms with Crippen molar-refractivity contribution in [1.29, 1.82) is 0 Å². The van der Waals surface area contributed by atoms with E-state index >= 15 is 0 Å². The Kier molecular flexibility index (Phi) is 2.78. The summed E-state index contributed by atoms with van der Waals surface area (Å²) in [5, 5.41) is 5.02. The van der Waals surface area contributed by atoms with Gasteiger partial charge in [0, 0.05) is 17.5 Å². The average Bonchev–Trinajstić information content (AvgIpc) is 2.88. The van der Waals surface area contributed by atoms with Crippen molar-refractivity contribution in [3.8, 4) is 11.5 Å². The minimum atomic E-state index is 0.568. The molecule has 0 saturated heterocycles. The first-order chi connectivity index (χ1) is 9.19. The van der Waals surface area contributed by atoms with Crippen molar-refractivity contribution < 1.29 is 4.52 Å². The second kappa shape index (κ2) is 4.46. The maximum absolute atomic E-state index is 5.36. The molecule has 0 N–H and O–H groups in total. The van der Waals surface area contributed by atoms with Gasteiger partial charge in [0.1, 0.15) is 0 Å². The van der Waals surface area contributed by atoms with E-state index in [4.69, 9.17) is 4.52 Å². The minimum Gasteiger partial charge on any atom is -0.334 e. The fourth-order valence-electron chi connectivity index (χ4n) is 2.20. The lowest BCUT2D eigenvalue weighted by molar-refractivity contribution is 0.423. The molecule has 4 heteroatoms. The first-order valence-electron chi connectivity index (χ1n) is 6.39. The van der Waals surface area contributed by atoms with Crippen molar-refractivity contribution in [1.82, 2.24) is 15.1 Å². The molecule has 96 valence electrons. The van der Waals surface area contributed by atoms with Gasteiger partial charge in [0.2, 0.25) is 0 Å². The molecule has 0 atom stereocenters. The van der Waals surface area contributed by atoms with Crippen LogP contribution in [0, 0.1) is 13.8 Å². The van der Waals surface area contributed by atoms with Gasteiger partial charge >= 0.3 is 0 Å². The van der Waals surface area contributed by atoms with Crippen molar-refractivity contribution in [2.45, 2.75) is 27.2 Å². The second-order valence-corrected chi connectivity index (χ2v) is 4.65. The van der Waals surface area contributed by atoms with E-state index in [1.165, 1.54) is 0 Å². The second-order valence-electron chi connectivity index (χ2n) is 4.65. The summed E-state index contributed by atoms with van der Waals surface area (Å²) in [5.41, 5.74) is 4.05. The first kappa shape index (κ1) is 11.8. The largest absolute Gasteiger partial charge is 0.334 e. The number of hydrogen-bond acceptors (Lipinski definition) is 4. The van der Waals surface area contributed by atoms with Gasteiger partial charge in [-0.25, -0.2) is 0 Å². The van der Waals surface area contributed by atoms with Gasteiger partial charge in [-0.2, -0.15) is 4.98 Å². The molecule has 0 unspecified atom stereocenters. The zero-order valence-electron chi connectivity index (χ0n) is 11.3. The summed E-state index contributed by atoms with van der Waals surface area (Å²) in [6, 6.07) is 8.12. The van der Waals surface area contributed by atoms with Crippen LogP contribution in [0.3, 0.4) is 0 Å². The third-order valence-corrected chi connectivity index (χ3v) is 3.18. The maximum Gasteiger partial charge on any atom is 0.258 e. The van der Waals surface area contributed by atoms with Crippen LogP contribution in [0.15, 0.2) is 28.8 Å². The quantitative estimate of drug-likeness (QED) is 0.701. The van der Waals surface area contributed by atoms with Crippen molar-refractivity contribution in [2.75, 3.05) is 0 Å². The highest BCUT2D eigenvalue weighted by atomic mass is 16.5. The van der Waals surface area contributed by atoms with E-state index in [-0.39, 0.29) is 0 Å². The van der Waals surface area contributed by atoms with Crippen LogP contribution in [0.1, 0.15) is 24.0 Å². The van der Waals surface area contributed by atoms with E-state index in [0.29, 0.717) is 5.89 Å². The van der Waals surface area contributed by atoms with Gasteiger partial charge in [-0.1, -0.05) is 30.3 Å². The Morgan fingerprint density at radius 1 is 1.16 bits per heavy atom. The van der Waals surface area contributed by atoms with Gasteiger partial charge in [0.05, 0.1) is 11.1 Å². The lowest BCUT2D eigenvalue weighted by atomic mass is 10.0. The lowest BCUT2D eigenvalue weighted by Gasteiger charge is -2.06. The Balaban J connectivity index is 2.31. The normalized spacial score (nSPS) is 11.1. The molecule has 0 aliphatic heterocycles. The van der Waals surface area contributed by atoms with Gasteiger partial charge in [0.15, 0.2) is 5.82 Å². The van der Waals surface area contributed by atoms with Crippen LogP contribution >= 0.6 is 0 Å². The fraction of sp³-hybridized carbons (Fsp3) is 0.267. The predicted octanol–water partition coefficient (Wildman–Crippen LogP) is 3.46. The number of nitrogens with zero attached hydrogens (tertiary/aromatic N) is 3. The third kappa shape index (κ3) is 1.99. The number of rotatable bonds is 2. The molecule has 1 aromatic carbocycles. The van der Waals surface area contributed by atoms with Crippen LogP contribution in [0.2, 0.25) is 0 Å². The number of aromatic nitrogens is 3. The number of pyridine rings is 1. The summed E-state index contributed by atoms with van der Waals surface area (Å²) >= 11 is 0. The van der Waals surface area contributed by atoms with Crippen molar-refractivity contribution in [3.05, 3.63) is 41.3 Å². The van der Waals surface area contributed by atoms with Gasteiger partial charge in [-0.15, -0.1) is 0 Å². The van der Waals surface area contributed by atoms with Gasteiger partial charge < -0.3 is 4.52 Å². The average molecular weight is 253 g/mol. The summed E-state index contributed by atoms with van der Waals surface area (Å²) in [6.45, 7) is 6.05. The van der Waals surface area contributed by atoms with E-state index < -0.39 is 0 Å². The van der Waals surface area contributed by atoms with Gasteiger partial charge in [-0.05, 0) is 25.5 Å². The molecule has 0 amide bonds. The van der Waals surface area contributed by atoms with Crippen LogP contribution in [0.4, 0.5) is 0 Å². The smallest absolute Gasteiger partial charge is 0.258 e. The Morgan fingerprint density at radius 2 is 2.00 bits per heavy atom. The fourth-order valence-corrected chi connectivity index (χ4v) is 2.20. The monoisotopic (exact) mass is 253 g/mol. The van der Waals surface area contributed by atoms with Crippen molar-refractivity contribution in [2.24, 2.45) is 0 Å². The molecule has 2 aromatic heterocycles. The van der Waals surface area contributed by atoms with Crippen molar-refractivity contribution in [3.63, 3.8) is 0 Å². The minimum absolute atomic E-state index is 0.568. The Hall–Kier alpha value is -2.23. The highest BCUT2D eigenvalue weighted by Gasteiger charge is 2.13. The SMILES string of the molecule is CCc1noc(-c2cc(C)nc3c(C)cccc23)n1. The summed E-state index contributed by atoms with van der Waals surface area (Å²) in [4.78, 5) is 9.01. The summed E-state index contributed by atoms with van der Waals surface area (Å²) in [6.07, 6.45) is 0.768. The highest BCUT2D eigenvalue weighted by molar-refractivity contribution is 5.94. The molecule has 0 fully saturated rings. The number of aryl methyl sites for hydroxylation is 3. The molecule has 2 heterocycles. The molecule has 4 nitrogen and oxygen atoms in total. The first-order valence-corrected chi connectivity index (χ1v) is 6.39. The summed E-state index contributed by atoms with van der Waals surface area (Å²) < 4.78 is 5.36. The molecular formula is C15H15N3O.